The molecule has 10 nitrogen and oxygen atoms in total. The monoisotopic (exact) mass is 632 g/mol. The maximum absolute atomic E-state index is 14.5. The van der Waals surface area contributed by atoms with Crippen molar-refractivity contribution in [2.24, 2.45) is 23.2 Å². The average molecular weight is 633 g/mol. The van der Waals surface area contributed by atoms with Crippen molar-refractivity contribution in [3.05, 3.63) is 11.2 Å². The van der Waals surface area contributed by atoms with Gasteiger partial charge in [-0.2, -0.15) is 17.6 Å². The van der Waals surface area contributed by atoms with Crippen LogP contribution in [0.1, 0.15) is 46.5 Å². The van der Waals surface area contributed by atoms with E-state index in [2.05, 4.69) is 10.6 Å². The van der Waals surface area contributed by atoms with E-state index < -0.39 is 111 Å². The van der Waals surface area contributed by atoms with Gasteiger partial charge in [0.05, 0.1) is 6.04 Å². The van der Waals surface area contributed by atoms with E-state index in [1.165, 1.54) is 20.8 Å². The summed E-state index contributed by atoms with van der Waals surface area (Å²) in [4.78, 5) is 52.0. The van der Waals surface area contributed by atoms with Crippen molar-refractivity contribution in [3.8, 4) is 0 Å². The van der Waals surface area contributed by atoms with Crippen molar-refractivity contribution in [3.63, 3.8) is 0 Å². The normalized spacial score (nSPS) is 27.7. The lowest BCUT2D eigenvalue weighted by atomic mass is 9.85. The minimum absolute atomic E-state index is 0.252. The Labute approximate surface area is 238 Å². The fourth-order valence-corrected chi connectivity index (χ4v) is 6.19. The van der Waals surface area contributed by atoms with Crippen molar-refractivity contribution in [2.75, 3.05) is 19.3 Å². The molecule has 238 valence electrons. The summed E-state index contributed by atoms with van der Waals surface area (Å²) in [7, 11) is -4.36. The summed E-state index contributed by atoms with van der Waals surface area (Å²) in [6.07, 6.45) is -5.67. The minimum Gasteiger partial charge on any atom is -0.356 e. The molecule has 1 aliphatic carbocycles. The van der Waals surface area contributed by atoms with Crippen LogP contribution in [0, 0.1) is 23.2 Å². The molecule has 0 aromatic rings. The van der Waals surface area contributed by atoms with Crippen molar-refractivity contribution in [1.29, 1.82) is 0 Å². The van der Waals surface area contributed by atoms with E-state index in [0.29, 0.717) is 12.3 Å². The maximum Gasteiger partial charge on any atom is 0.471 e. The standard InChI is InChI=1S/C25H34F6N4O6S/c1-23(2,3)18(34-22(39)25(29,30)31)21(38)35-11-13-9-24(27,28)10-15(13)17(35)20(37)33-14(8-16(26)42(4,40)41)7-12-5-6-32-19(12)36/h8,12-15,17-18H,5-7,9-11H2,1-4H3,(H,32,36)(H,33,37)(H,34,39)/b16-8+/t12-,13+,14+,15+,17-,18+/m0/s1. The van der Waals surface area contributed by atoms with Gasteiger partial charge >= 0.3 is 12.1 Å². The van der Waals surface area contributed by atoms with Gasteiger partial charge in [0.15, 0.2) is 0 Å². The number of carbonyl (C=O) groups is 4. The molecular formula is C25H34F6N4O6S. The van der Waals surface area contributed by atoms with Crippen LogP contribution < -0.4 is 16.0 Å². The van der Waals surface area contributed by atoms with Gasteiger partial charge < -0.3 is 20.9 Å². The Morgan fingerprint density at radius 1 is 1.14 bits per heavy atom. The van der Waals surface area contributed by atoms with E-state index in [1.54, 1.807) is 5.32 Å². The third kappa shape index (κ3) is 7.75. The number of fused-ring (bicyclic) bond motifs is 1. The fourth-order valence-electron chi connectivity index (χ4n) is 5.78. The molecule has 3 fully saturated rings. The van der Waals surface area contributed by atoms with E-state index >= 15 is 0 Å². The molecule has 0 spiro atoms. The van der Waals surface area contributed by atoms with Crippen molar-refractivity contribution in [1.82, 2.24) is 20.9 Å². The van der Waals surface area contributed by atoms with Crippen LogP contribution in [0.5, 0.6) is 0 Å². The zero-order valence-electron chi connectivity index (χ0n) is 23.4. The topological polar surface area (TPSA) is 142 Å². The van der Waals surface area contributed by atoms with E-state index in [0.717, 1.165) is 4.90 Å². The molecular weight excluding hydrogens is 598 g/mol. The molecule has 0 radical (unpaired) electrons. The van der Waals surface area contributed by atoms with Gasteiger partial charge in [0, 0.05) is 38.1 Å². The van der Waals surface area contributed by atoms with Crippen LogP contribution in [0.4, 0.5) is 26.3 Å². The van der Waals surface area contributed by atoms with Gasteiger partial charge in [0.2, 0.25) is 38.6 Å². The first-order valence-electron chi connectivity index (χ1n) is 13.2. The van der Waals surface area contributed by atoms with Crippen LogP contribution in [0.2, 0.25) is 0 Å². The number of hydrogen-bond acceptors (Lipinski definition) is 6. The fraction of sp³-hybridized carbons (Fsp3) is 0.760. The van der Waals surface area contributed by atoms with Crippen LogP contribution in [-0.2, 0) is 29.0 Å². The largest absolute Gasteiger partial charge is 0.471 e. The third-order valence-electron chi connectivity index (χ3n) is 7.79. The Bertz CT molecular complexity index is 1250. The Hall–Kier alpha value is -2.85. The third-order valence-corrected chi connectivity index (χ3v) is 8.63. The second-order valence-corrected chi connectivity index (χ2v) is 14.2. The van der Waals surface area contributed by atoms with Gasteiger partial charge in [-0.05, 0) is 36.2 Å². The molecule has 6 atom stereocenters. The van der Waals surface area contributed by atoms with Gasteiger partial charge in [-0.1, -0.05) is 20.8 Å². The lowest BCUT2D eigenvalue weighted by Gasteiger charge is -2.37. The SMILES string of the molecule is CC(C)(C)[C@H](NC(=O)C(F)(F)F)C(=O)N1C[C@H]2CC(F)(F)C[C@H]2[C@H]1C(=O)N[C@@H](/C=C(\F)S(C)(=O)=O)C[C@@H]1CCNC1=O. The number of rotatable bonds is 8. The zero-order valence-corrected chi connectivity index (χ0v) is 24.2. The lowest BCUT2D eigenvalue weighted by molar-refractivity contribution is -0.176. The highest BCUT2D eigenvalue weighted by atomic mass is 32.2. The molecule has 0 bridgehead atoms. The van der Waals surface area contributed by atoms with Crippen LogP contribution in [-0.4, -0.2) is 86.5 Å². The van der Waals surface area contributed by atoms with Crippen molar-refractivity contribution in [2.45, 2.75) is 76.7 Å². The summed E-state index contributed by atoms with van der Waals surface area (Å²) in [6, 6.07) is -4.87. The second-order valence-electron chi connectivity index (χ2n) is 12.3. The van der Waals surface area contributed by atoms with E-state index in [9.17, 15) is 53.9 Å². The van der Waals surface area contributed by atoms with Crippen molar-refractivity contribution < 1.29 is 53.9 Å². The van der Waals surface area contributed by atoms with Gasteiger partial charge in [0.1, 0.15) is 12.1 Å². The number of halogens is 6. The molecule has 4 amide bonds. The predicted molar refractivity (Wildman–Crippen MR) is 136 cm³/mol. The highest BCUT2D eigenvalue weighted by Gasteiger charge is 2.59. The first-order chi connectivity index (χ1) is 19.0. The molecule has 3 aliphatic rings. The molecule has 17 heteroatoms. The summed E-state index contributed by atoms with van der Waals surface area (Å²) < 4.78 is 106. The maximum atomic E-state index is 14.5. The zero-order chi connectivity index (χ0) is 32.0. The quantitative estimate of drug-likeness (QED) is 0.349. The molecule has 0 aromatic heterocycles. The highest BCUT2D eigenvalue weighted by molar-refractivity contribution is 7.94. The number of likely N-dealkylation sites (tertiary alicyclic amines) is 1. The number of nitrogens with zero attached hydrogens (tertiary/aromatic N) is 1. The molecule has 3 N–H and O–H groups in total. The Balaban J connectivity index is 1.97. The van der Waals surface area contributed by atoms with Gasteiger partial charge in [-0.15, -0.1) is 0 Å². The summed E-state index contributed by atoms with van der Waals surface area (Å²) in [5, 5.41) is 4.95. The first-order valence-corrected chi connectivity index (χ1v) is 15.1. The van der Waals surface area contributed by atoms with Crippen LogP contribution in [0.15, 0.2) is 11.2 Å². The number of sulfone groups is 1. The Morgan fingerprint density at radius 3 is 2.26 bits per heavy atom. The average Bonchev–Trinajstić information content (AvgIpc) is 3.45. The number of alkyl halides is 5. The molecule has 1 saturated carbocycles. The summed E-state index contributed by atoms with van der Waals surface area (Å²) in [5.74, 6) is -11.0. The molecule has 3 rings (SSSR count). The summed E-state index contributed by atoms with van der Waals surface area (Å²) >= 11 is 0. The molecule has 0 aromatic carbocycles. The number of nitrogens with one attached hydrogen (secondary N) is 3. The molecule has 42 heavy (non-hydrogen) atoms. The number of amides is 4. The highest BCUT2D eigenvalue weighted by Crippen LogP contribution is 2.50. The summed E-state index contributed by atoms with van der Waals surface area (Å²) in [5.41, 5.74) is -1.31. The van der Waals surface area contributed by atoms with Crippen LogP contribution >= 0.6 is 0 Å². The Morgan fingerprint density at radius 2 is 1.76 bits per heavy atom. The molecule has 0 unspecified atom stereocenters. The van der Waals surface area contributed by atoms with Crippen LogP contribution in [0.3, 0.4) is 0 Å². The van der Waals surface area contributed by atoms with E-state index in [1.807, 2.05) is 0 Å². The van der Waals surface area contributed by atoms with E-state index in [-0.39, 0.29) is 19.4 Å². The number of hydrogen-bond donors (Lipinski definition) is 3. The van der Waals surface area contributed by atoms with Gasteiger partial charge in [0.25, 0.3) is 0 Å². The van der Waals surface area contributed by atoms with Gasteiger partial charge in [-0.25, -0.2) is 17.2 Å². The first kappa shape index (κ1) is 33.6. The smallest absolute Gasteiger partial charge is 0.356 e. The minimum atomic E-state index is -5.33. The van der Waals surface area contributed by atoms with Gasteiger partial charge in [-0.3, -0.25) is 19.2 Å². The van der Waals surface area contributed by atoms with E-state index in [4.69, 9.17) is 0 Å². The van der Waals surface area contributed by atoms with Crippen LogP contribution in [0.25, 0.3) is 0 Å². The molecule has 2 heterocycles. The Kier molecular flexibility index (Phi) is 9.36. The number of carbonyl (C=O) groups excluding carboxylic acids is 4. The molecule has 2 aliphatic heterocycles. The van der Waals surface area contributed by atoms with Crippen molar-refractivity contribution >= 4 is 33.5 Å². The lowest BCUT2D eigenvalue weighted by Crippen LogP contribution is -2.60. The molecule has 2 saturated heterocycles. The summed E-state index contributed by atoms with van der Waals surface area (Å²) in [6.45, 7) is 3.97. The predicted octanol–water partition coefficient (Wildman–Crippen LogP) is 1.82. The second kappa shape index (κ2) is 11.7.